The molecule has 0 aliphatic heterocycles. The van der Waals surface area contributed by atoms with Crippen molar-refractivity contribution in [1.29, 1.82) is 0 Å². The van der Waals surface area contributed by atoms with Gasteiger partial charge in [0, 0.05) is 37.1 Å². The summed E-state index contributed by atoms with van der Waals surface area (Å²) in [6.45, 7) is 6.36. The van der Waals surface area contributed by atoms with Gasteiger partial charge in [-0.15, -0.1) is 0 Å². The molecule has 3 nitrogen and oxygen atoms in total. The number of aryl methyl sites for hydroxylation is 1. The number of carbonyl (C=O) groups is 1. The van der Waals surface area contributed by atoms with Gasteiger partial charge in [0.2, 0.25) is 5.91 Å². The molecule has 0 radical (unpaired) electrons. The Kier molecular flexibility index (Phi) is 5.44. The molecular weight excluding hydrogens is 272 g/mol. The topological polar surface area (TPSA) is 32.3 Å². The van der Waals surface area contributed by atoms with E-state index in [2.05, 4.69) is 17.4 Å². The average Bonchev–Trinajstić information content (AvgIpc) is 2.82. The molecule has 0 saturated heterocycles. The van der Waals surface area contributed by atoms with E-state index in [0.29, 0.717) is 12.5 Å². The second-order valence-corrected chi connectivity index (χ2v) is 5.64. The third kappa shape index (κ3) is 3.53. The van der Waals surface area contributed by atoms with Gasteiger partial charge in [-0.3, -0.25) is 4.79 Å². The fourth-order valence-electron chi connectivity index (χ4n) is 2.89. The molecule has 110 valence electrons. The molecule has 0 aromatic heterocycles. The van der Waals surface area contributed by atoms with E-state index in [1.165, 1.54) is 11.1 Å². The summed E-state index contributed by atoms with van der Waals surface area (Å²) in [4.78, 5) is 13.8. The average molecular weight is 295 g/mol. The SMILES string of the molecule is CCN(CC)C(=O)CCNC1CCc2cc(Cl)ccc21. The molecule has 0 heterocycles. The van der Waals surface area contributed by atoms with E-state index in [1.54, 1.807) is 0 Å². The van der Waals surface area contributed by atoms with Crippen LogP contribution in [0.5, 0.6) is 0 Å². The van der Waals surface area contributed by atoms with Gasteiger partial charge in [0.25, 0.3) is 0 Å². The summed E-state index contributed by atoms with van der Waals surface area (Å²) in [6, 6.07) is 6.47. The first-order chi connectivity index (χ1) is 9.65. The van der Waals surface area contributed by atoms with Gasteiger partial charge >= 0.3 is 0 Å². The highest BCUT2D eigenvalue weighted by molar-refractivity contribution is 6.30. The predicted octanol–water partition coefficient (Wildman–Crippen LogP) is 3.18. The van der Waals surface area contributed by atoms with Crippen molar-refractivity contribution in [2.24, 2.45) is 0 Å². The minimum absolute atomic E-state index is 0.233. The second kappa shape index (κ2) is 7.09. The number of hydrogen-bond acceptors (Lipinski definition) is 2. The molecule has 20 heavy (non-hydrogen) atoms. The Morgan fingerprint density at radius 3 is 2.85 bits per heavy atom. The van der Waals surface area contributed by atoms with Gasteiger partial charge in [-0.2, -0.15) is 0 Å². The maximum Gasteiger partial charge on any atom is 0.223 e. The van der Waals surface area contributed by atoms with Crippen molar-refractivity contribution in [3.8, 4) is 0 Å². The Labute approximate surface area is 126 Å². The fourth-order valence-corrected chi connectivity index (χ4v) is 3.08. The summed E-state index contributed by atoms with van der Waals surface area (Å²) in [5, 5.41) is 4.31. The molecule has 1 aromatic rings. The van der Waals surface area contributed by atoms with Crippen molar-refractivity contribution < 1.29 is 4.79 Å². The molecule has 0 spiro atoms. The number of hydrogen-bond donors (Lipinski definition) is 1. The van der Waals surface area contributed by atoms with E-state index in [-0.39, 0.29) is 5.91 Å². The van der Waals surface area contributed by atoms with Crippen LogP contribution in [0.25, 0.3) is 0 Å². The zero-order valence-corrected chi connectivity index (χ0v) is 13.0. The fraction of sp³-hybridized carbons (Fsp3) is 0.562. The first-order valence-electron chi connectivity index (χ1n) is 7.45. The van der Waals surface area contributed by atoms with Crippen molar-refractivity contribution in [3.05, 3.63) is 34.3 Å². The highest BCUT2D eigenvalue weighted by atomic mass is 35.5. The first-order valence-corrected chi connectivity index (χ1v) is 7.83. The molecule has 1 N–H and O–H groups in total. The van der Waals surface area contributed by atoms with E-state index in [4.69, 9.17) is 11.6 Å². The Hall–Kier alpha value is -1.06. The Morgan fingerprint density at radius 2 is 2.15 bits per heavy atom. The van der Waals surface area contributed by atoms with E-state index in [0.717, 1.165) is 37.5 Å². The van der Waals surface area contributed by atoms with Crippen molar-refractivity contribution >= 4 is 17.5 Å². The van der Waals surface area contributed by atoms with Gasteiger partial charge in [0.15, 0.2) is 0 Å². The van der Waals surface area contributed by atoms with Crippen molar-refractivity contribution in [2.75, 3.05) is 19.6 Å². The third-order valence-electron chi connectivity index (χ3n) is 4.03. The summed E-state index contributed by atoms with van der Waals surface area (Å²) in [5.74, 6) is 0.233. The summed E-state index contributed by atoms with van der Waals surface area (Å²) in [7, 11) is 0. The highest BCUT2D eigenvalue weighted by Crippen LogP contribution is 2.32. The molecule has 0 fully saturated rings. The number of amides is 1. The monoisotopic (exact) mass is 294 g/mol. The smallest absolute Gasteiger partial charge is 0.223 e. The third-order valence-corrected chi connectivity index (χ3v) is 4.26. The van der Waals surface area contributed by atoms with Crippen molar-refractivity contribution in [3.63, 3.8) is 0 Å². The summed E-state index contributed by atoms with van der Waals surface area (Å²) >= 11 is 6.01. The number of rotatable bonds is 6. The summed E-state index contributed by atoms with van der Waals surface area (Å²) < 4.78 is 0. The van der Waals surface area contributed by atoms with Gasteiger partial charge in [-0.05, 0) is 49.9 Å². The van der Waals surface area contributed by atoms with Crippen LogP contribution >= 0.6 is 11.6 Å². The standard InChI is InChI=1S/C16H23ClN2O/c1-3-19(4-2)16(20)9-10-18-15-8-5-12-11-13(17)6-7-14(12)15/h6-7,11,15,18H,3-5,8-10H2,1-2H3. The van der Waals surface area contributed by atoms with Gasteiger partial charge < -0.3 is 10.2 Å². The lowest BCUT2D eigenvalue weighted by molar-refractivity contribution is -0.130. The lowest BCUT2D eigenvalue weighted by atomic mass is 10.1. The molecule has 1 atom stereocenters. The number of halogens is 1. The summed E-state index contributed by atoms with van der Waals surface area (Å²) in [6.07, 6.45) is 2.73. The normalized spacial score (nSPS) is 17.1. The van der Waals surface area contributed by atoms with Crippen LogP contribution in [-0.4, -0.2) is 30.4 Å². The number of carbonyl (C=O) groups excluding carboxylic acids is 1. The highest BCUT2D eigenvalue weighted by Gasteiger charge is 2.22. The van der Waals surface area contributed by atoms with Crippen LogP contribution < -0.4 is 5.32 Å². The zero-order chi connectivity index (χ0) is 14.5. The van der Waals surface area contributed by atoms with Crippen LogP contribution in [0.15, 0.2) is 18.2 Å². The van der Waals surface area contributed by atoms with Crippen LogP contribution in [0.1, 0.15) is 43.9 Å². The molecule has 2 rings (SSSR count). The van der Waals surface area contributed by atoms with Gasteiger partial charge in [-0.25, -0.2) is 0 Å². The first kappa shape index (κ1) is 15.3. The van der Waals surface area contributed by atoms with Gasteiger partial charge in [0.1, 0.15) is 0 Å². The van der Waals surface area contributed by atoms with Gasteiger partial charge in [0.05, 0.1) is 0 Å². The van der Waals surface area contributed by atoms with Crippen molar-refractivity contribution in [2.45, 2.75) is 39.2 Å². The van der Waals surface area contributed by atoms with Crippen LogP contribution in [0.4, 0.5) is 0 Å². The maximum absolute atomic E-state index is 11.9. The van der Waals surface area contributed by atoms with Crippen LogP contribution in [0.3, 0.4) is 0 Å². The minimum Gasteiger partial charge on any atom is -0.343 e. The molecule has 1 aliphatic rings. The van der Waals surface area contributed by atoms with Crippen molar-refractivity contribution in [1.82, 2.24) is 10.2 Å². The van der Waals surface area contributed by atoms with Gasteiger partial charge in [-0.1, -0.05) is 17.7 Å². The van der Waals surface area contributed by atoms with Crippen LogP contribution in [-0.2, 0) is 11.2 Å². The molecule has 0 saturated carbocycles. The lowest BCUT2D eigenvalue weighted by Crippen LogP contribution is -2.33. The van der Waals surface area contributed by atoms with E-state index >= 15 is 0 Å². The quantitative estimate of drug-likeness (QED) is 0.874. The molecule has 1 unspecified atom stereocenters. The lowest BCUT2D eigenvalue weighted by Gasteiger charge is -2.20. The molecule has 0 bridgehead atoms. The molecule has 1 aliphatic carbocycles. The molecule has 1 amide bonds. The molecule has 1 aromatic carbocycles. The van der Waals surface area contributed by atoms with E-state index < -0.39 is 0 Å². The Morgan fingerprint density at radius 1 is 1.40 bits per heavy atom. The molecular formula is C16H23ClN2O. The van der Waals surface area contributed by atoms with Crippen LogP contribution in [0.2, 0.25) is 5.02 Å². The Bertz CT molecular complexity index is 472. The minimum atomic E-state index is 0.233. The zero-order valence-electron chi connectivity index (χ0n) is 12.3. The number of benzene rings is 1. The van der Waals surface area contributed by atoms with E-state index in [9.17, 15) is 4.79 Å². The number of nitrogens with zero attached hydrogens (tertiary/aromatic N) is 1. The molecule has 4 heteroatoms. The number of nitrogens with one attached hydrogen (secondary N) is 1. The Balaban J connectivity index is 1.84. The largest absolute Gasteiger partial charge is 0.343 e. The maximum atomic E-state index is 11.9. The van der Waals surface area contributed by atoms with Crippen LogP contribution in [0, 0.1) is 0 Å². The second-order valence-electron chi connectivity index (χ2n) is 5.20. The predicted molar refractivity (Wildman–Crippen MR) is 83.1 cm³/mol. The number of fused-ring (bicyclic) bond motifs is 1. The van der Waals surface area contributed by atoms with E-state index in [1.807, 2.05) is 24.8 Å². The summed E-state index contributed by atoms with van der Waals surface area (Å²) in [5.41, 5.74) is 2.68.